The summed E-state index contributed by atoms with van der Waals surface area (Å²) < 4.78 is 44.5. The van der Waals surface area contributed by atoms with Crippen LogP contribution in [0.15, 0.2) is 30.4 Å². The topological polar surface area (TPSA) is 75.6 Å². The predicted molar refractivity (Wildman–Crippen MR) is 85.2 cm³/mol. The summed E-state index contributed by atoms with van der Waals surface area (Å²) in [6.07, 6.45) is -0.375. The molecule has 4 atom stereocenters. The van der Waals surface area contributed by atoms with Crippen LogP contribution in [0, 0.1) is 23.7 Å². The maximum Gasteiger partial charge on any atom is 0.416 e. The van der Waals surface area contributed by atoms with E-state index in [0.29, 0.717) is 6.42 Å². The molecule has 3 rings (SSSR count). The van der Waals surface area contributed by atoms with E-state index in [-0.39, 0.29) is 29.7 Å². The number of amides is 1. The molecule has 0 aliphatic heterocycles. The number of allylic oxidation sites excluding steroid dienone is 2. The normalized spacial score (nSPS) is 26.8. The summed E-state index contributed by atoms with van der Waals surface area (Å²) in [4.78, 5) is 24.0. The first-order valence-electron chi connectivity index (χ1n) is 8.15. The van der Waals surface area contributed by atoms with Crippen LogP contribution < -0.4 is 10.1 Å². The molecule has 0 spiro atoms. The highest BCUT2D eigenvalue weighted by atomic mass is 19.4. The van der Waals surface area contributed by atoms with Crippen LogP contribution in [0.1, 0.15) is 17.5 Å². The van der Waals surface area contributed by atoms with Crippen LogP contribution in [0.25, 0.3) is 0 Å². The van der Waals surface area contributed by atoms with E-state index in [1.54, 1.807) is 6.08 Å². The molecule has 2 aliphatic carbocycles. The number of benzene rings is 1. The number of carboxylic acid groups (broad SMARTS) is 1. The number of aliphatic carboxylic acids is 1. The minimum Gasteiger partial charge on any atom is -0.497 e. The maximum absolute atomic E-state index is 13.2. The number of hydrogen-bond donors (Lipinski definition) is 2. The lowest BCUT2D eigenvalue weighted by molar-refractivity contribution is -0.147. The van der Waals surface area contributed by atoms with Crippen molar-refractivity contribution in [2.24, 2.45) is 23.7 Å². The molecule has 2 aliphatic rings. The Bertz CT molecular complexity index is 759. The second-order valence-corrected chi connectivity index (χ2v) is 6.58. The Morgan fingerprint density at radius 3 is 2.46 bits per heavy atom. The maximum atomic E-state index is 13.2. The Labute approximate surface area is 147 Å². The van der Waals surface area contributed by atoms with Crippen molar-refractivity contribution < 1.29 is 32.6 Å². The molecule has 1 fully saturated rings. The van der Waals surface area contributed by atoms with Crippen molar-refractivity contribution in [2.75, 3.05) is 7.11 Å². The number of carbonyl (C=O) groups is 2. The fourth-order valence-electron chi connectivity index (χ4n) is 3.92. The predicted octanol–water partition coefficient (Wildman–Crippen LogP) is 2.85. The van der Waals surface area contributed by atoms with Crippen molar-refractivity contribution in [2.45, 2.75) is 19.1 Å². The summed E-state index contributed by atoms with van der Waals surface area (Å²) in [6, 6.07) is 3.51. The third-order valence-electron chi connectivity index (χ3n) is 5.12. The van der Waals surface area contributed by atoms with Crippen molar-refractivity contribution in [3.05, 3.63) is 41.5 Å². The van der Waals surface area contributed by atoms with Crippen LogP contribution in [-0.4, -0.2) is 24.1 Å². The van der Waals surface area contributed by atoms with E-state index in [1.165, 1.54) is 19.2 Å². The van der Waals surface area contributed by atoms with Crippen LogP contribution in [0.4, 0.5) is 13.2 Å². The van der Waals surface area contributed by atoms with E-state index in [9.17, 15) is 27.9 Å². The molecular formula is C18H18F3NO4. The molecule has 26 heavy (non-hydrogen) atoms. The molecule has 1 amide bonds. The van der Waals surface area contributed by atoms with Gasteiger partial charge in [-0.1, -0.05) is 18.2 Å². The first kappa shape index (κ1) is 18.3. The first-order chi connectivity index (χ1) is 12.2. The summed E-state index contributed by atoms with van der Waals surface area (Å²) >= 11 is 0. The molecule has 5 nitrogen and oxygen atoms in total. The summed E-state index contributed by atoms with van der Waals surface area (Å²) in [5, 5.41) is 11.9. The van der Waals surface area contributed by atoms with Crippen molar-refractivity contribution in [1.29, 1.82) is 0 Å². The van der Waals surface area contributed by atoms with Crippen LogP contribution in [-0.2, 0) is 22.3 Å². The molecule has 2 bridgehead atoms. The van der Waals surface area contributed by atoms with Crippen LogP contribution in [0.3, 0.4) is 0 Å². The minimum absolute atomic E-state index is 0.0663. The zero-order valence-electron chi connectivity index (χ0n) is 13.9. The van der Waals surface area contributed by atoms with Gasteiger partial charge in [0, 0.05) is 6.54 Å². The van der Waals surface area contributed by atoms with Gasteiger partial charge < -0.3 is 15.2 Å². The summed E-state index contributed by atoms with van der Waals surface area (Å²) in [6.45, 7) is -0.332. The summed E-state index contributed by atoms with van der Waals surface area (Å²) in [5.41, 5.74) is -0.989. The van der Waals surface area contributed by atoms with Crippen LogP contribution >= 0.6 is 0 Å². The van der Waals surface area contributed by atoms with Gasteiger partial charge in [-0.2, -0.15) is 13.2 Å². The van der Waals surface area contributed by atoms with Gasteiger partial charge in [-0.15, -0.1) is 0 Å². The van der Waals surface area contributed by atoms with Crippen molar-refractivity contribution >= 4 is 11.9 Å². The first-order valence-corrected chi connectivity index (χ1v) is 8.15. The standard InChI is InChI=1S/C18H18F3NO4/c1-26-12-5-4-11(13(7-12)18(19,20)21)8-22-16(23)14-9-2-3-10(6-9)15(14)17(24)25/h2-5,7,9-10,14-15H,6,8H2,1H3,(H,22,23)(H,24,25)/t9-,10-,14-,15-/m0/s1. The molecule has 0 unspecified atom stereocenters. The number of fused-ring (bicyclic) bond motifs is 2. The highest BCUT2D eigenvalue weighted by molar-refractivity contribution is 5.86. The molecule has 0 heterocycles. The van der Waals surface area contributed by atoms with Gasteiger partial charge in [-0.25, -0.2) is 0 Å². The second-order valence-electron chi connectivity index (χ2n) is 6.58. The van der Waals surface area contributed by atoms with E-state index >= 15 is 0 Å². The molecule has 8 heteroatoms. The van der Waals surface area contributed by atoms with Crippen molar-refractivity contribution in [3.63, 3.8) is 0 Å². The summed E-state index contributed by atoms with van der Waals surface area (Å²) in [7, 11) is 1.27. The number of methoxy groups -OCH3 is 1. The molecule has 1 saturated carbocycles. The minimum atomic E-state index is -4.59. The molecule has 0 aromatic heterocycles. The fourth-order valence-corrected chi connectivity index (χ4v) is 3.92. The monoisotopic (exact) mass is 369 g/mol. The Hall–Kier alpha value is -2.51. The van der Waals surface area contributed by atoms with E-state index in [4.69, 9.17) is 4.74 Å². The number of carboxylic acids is 1. The molecular weight excluding hydrogens is 351 g/mol. The molecule has 0 radical (unpaired) electrons. The molecule has 140 valence electrons. The number of rotatable bonds is 5. The molecule has 1 aromatic carbocycles. The van der Waals surface area contributed by atoms with E-state index < -0.39 is 35.5 Å². The Morgan fingerprint density at radius 1 is 1.23 bits per heavy atom. The van der Waals surface area contributed by atoms with Gasteiger partial charge in [0.1, 0.15) is 5.75 Å². The van der Waals surface area contributed by atoms with Gasteiger partial charge in [0.2, 0.25) is 5.91 Å². The lowest BCUT2D eigenvalue weighted by Crippen LogP contribution is -2.40. The van der Waals surface area contributed by atoms with Crippen molar-refractivity contribution in [1.82, 2.24) is 5.32 Å². The van der Waals surface area contributed by atoms with Gasteiger partial charge in [0.25, 0.3) is 0 Å². The van der Waals surface area contributed by atoms with Gasteiger partial charge in [0.15, 0.2) is 0 Å². The Morgan fingerprint density at radius 2 is 1.88 bits per heavy atom. The highest BCUT2D eigenvalue weighted by Gasteiger charge is 2.51. The van der Waals surface area contributed by atoms with Gasteiger partial charge in [0.05, 0.1) is 24.5 Å². The van der Waals surface area contributed by atoms with Gasteiger partial charge in [-0.3, -0.25) is 9.59 Å². The SMILES string of the molecule is COc1ccc(CNC(=O)[C@@H]2[C@@H](C(=O)O)[C@H]3C=C[C@H]2C3)c(C(F)(F)F)c1. The molecule has 1 aromatic rings. The summed E-state index contributed by atoms with van der Waals surface area (Å²) in [5.74, 6) is -3.48. The zero-order chi connectivity index (χ0) is 19.1. The number of hydrogen-bond acceptors (Lipinski definition) is 3. The fraction of sp³-hybridized carbons (Fsp3) is 0.444. The van der Waals surface area contributed by atoms with E-state index in [1.807, 2.05) is 6.08 Å². The third kappa shape index (κ3) is 3.27. The molecule has 2 N–H and O–H groups in total. The molecule has 0 saturated heterocycles. The lowest BCUT2D eigenvalue weighted by atomic mass is 9.82. The lowest BCUT2D eigenvalue weighted by Gasteiger charge is -2.24. The third-order valence-corrected chi connectivity index (χ3v) is 5.12. The number of ether oxygens (including phenoxy) is 1. The average molecular weight is 369 g/mol. The smallest absolute Gasteiger partial charge is 0.416 e. The number of alkyl halides is 3. The van der Waals surface area contributed by atoms with Crippen LogP contribution in [0.5, 0.6) is 5.75 Å². The van der Waals surface area contributed by atoms with Gasteiger partial charge >= 0.3 is 12.1 Å². The van der Waals surface area contributed by atoms with E-state index in [2.05, 4.69) is 5.32 Å². The zero-order valence-corrected chi connectivity index (χ0v) is 13.9. The number of halogens is 3. The number of carbonyl (C=O) groups excluding carboxylic acids is 1. The quantitative estimate of drug-likeness (QED) is 0.783. The van der Waals surface area contributed by atoms with Crippen LogP contribution in [0.2, 0.25) is 0 Å². The van der Waals surface area contributed by atoms with E-state index in [0.717, 1.165) is 6.07 Å². The average Bonchev–Trinajstić information content (AvgIpc) is 3.19. The Kier molecular flexibility index (Phi) is 4.68. The van der Waals surface area contributed by atoms with Crippen molar-refractivity contribution in [3.8, 4) is 5.75 Å². The van der Waals surface area contributed by atoms with Gasteiger partial charge in [-0.05, 0) is 36.0 Å². The highest BCUT2D eigenvalue weighted by Crippen LogP contribution is 2.48. The Balaban J connectivity index is 1.76. The second kappa shape index (κ2) is 6.66. The number of nitrogens with one attached hydrogen (secondary N) is 1. The largest absolute Gasteiger partial charge is 0.497 e.